The van der Waals surface area contributed by atoms with Crippen LogP contribution in [0, 0.1) is 18.6 Å². The van der Waals surface area contributed by atoms with Gasteiger partial charge in [0.15, 0.2) is 16.7 Å². The van der Waals surface area contributed by atoms with Crippen LogP contribution >= 0.6 is 11.8 Å². The lowest BCUT2D eigenvalue weighted by atomic mass is 10.1. The maximum atomic E-state index is 13.9. The van der Waals surface area contributed by atoms with E-state index < -0.39 is 11.6 Å². The van der Waals surface area contributed by atoms with Gasteiger partial charge in [-0.25, -0.2) is 13.8 Å². The number of hydrogen-bond donors (Lipinski definition) is 0. The van der Waals surface area contributed by atoms with E-state index in [0.29, 0.717) is 10.9 Å². The molecule has 1 heterocycles. The summed E-state index contributed by atoms with van der Waals surface area (Å²) < 4.78 is 32.5. The zero-order chi connectivity index (χ0) is 19.4. The number of aromatic nitrogens is 2. The molecule has 0 aliphatic heterocycles. The second kappa shape index (κ2) is 8.48. The first-order chi connectivity index (χ1) is 12.9. The molecule has 1 aromatic heterocycles. The van der Waals surface area contributed by atoms with Crippen molar-refractivity contribution in [1.82, 2.24) is 9.97 Å². The Morgan fingerprint density at radius 3 is 2.41 bits per heavy atom. The molecule has 0 atom stereocenters. The van der Waals surface area contributed by atoms with Crippen molar-refractivity contribution in [1.29, 1.82) is 0 Å². The number of halogens is 2. The molecule has 0 aliphatic carbocycles. The molecule has 0 saturated heterocycles. The summed E-state index contributed by atoms with van der Waals surface area (Å²) in [5.41, 5.74) is 3.17. The molecule has 140 valence electrons. The van der Waals surface area contributed by atoms with Gasteiger partial charge in [0.2, 0.25) is 5.88 Å². The molecule has 0 radical (unpaired) electrons. The molecule has 2 aromatic carbocycles. The fraction of sp³-hybridized carbons (Fsp3) is 0.238. The van der Waals surface area contributed by atoms with Crippen LogP contribution in [-0.2, 0) is 5.75 Å². The molecular weight excluding hydrogens is 366 g/mol. The minimum Gasteiger partial charge on any atom is -0.436 e. The lowest BCUT2D eigenvalue weighted by Gasteiger charge is -2.11. The highest BCUT2D eigenvalue weighted by molar-refractivity contribution is 7.98. The van der Waals surface area contributed by atoms with Gasteiger partial charge in [-0.2, -0.15) is 4.98 Å². The van der Waals surface area contributed by atoms with E-state index in [1.54, 1.807) is 6.07 Å². The van der Waals surface area contributed by atoms with E-state index in [-0.39, 0.29) is 17.5 Å². The predicted molar refractivity (Wildman–Crippen MR) is 103 cm³/mol. The van der Waals surface area contributed by atoms with Gasteiger partial charge in [0.05, 0.1) is 5.69 Å². The largest absolute Gasteiger partial charge is 0.436 e. The molecule has 0 saturated carbocycles. The van der Waals surface area contributed by atoms with Crippen LogP contribution in [0.3, 0.4) is 0 Å². The van der Waals surface area contributed by atoms with Gasteiger partial charge in [-0.05, 0) is 30.5 Å². The van der Waals surface area contributed by atoms with E-state index in [4.69, 9.17) is 4.74 Å². The van der Waals surface area contributed by atoms with Crippen molar-refractivity contribution in [2.24, 2.45) is 0 Å². The standard InChI is InChI=1S/C21H20F2N2OS/c1-13(2)18-11-20(26-19-9-8-16(22)10-17(19)23)25-21(24-18)27-12-15-6-4-14(3)5-7-15/h4-11,13H,12H2,1-3H3. The molecule has 0 unspecified atom stereocenters. The van der Waals surface area contributed by atoms with E-state index in [2.05, 4.69) is 34.2 Å². The zero-order valence-corrected chi connectivity index (χ0v) is 16.2. The third kappa shape index (κ3) is 5.26. The highest BCUT2D eigenvalue weighted by atomic mass is 32.2. The molecule has 6 heteroatoms. The zero-order valence-electron chi connectivity index (χ0n) is 15.4. The first-order valence-corrected chi connectivity index (χ1v) is 9.59. The molecule has 3 nitrogen and oxygen atoms in total. The van der Waals surface area contributed by atoms with Gasteiger partial charge in [-0.3, -0.25) is 0 Å². The van der Waals surface area contributed by atoms with Crippen LogP contribution in [0.1, 0.15) is 36.6 Å². The van der Waals surface area contributed by atoms with E-state index in [1.807, 2.05) is 20.8 Å². The Hall–Kier alpha value is -2.47. The molecule has 0 fully saturated rings. The number of benzene rings is 2. The smallest absolute Gasteiger partial charge is 0.223 e. The Morgan fingerprint density at radius 1 is 1.00 bits per heavy atom. The minimum atomic E-state index is -0.770. The fourth-order valence-electron chi connectivity index (χ4n) is 2.34. The van der Waals surface area contributed by atoms with Crippen molar-refractivity contribution in [2.45, 2.75) is 37.6 Å². The Kier molecular flexibility index (Phi) is 6.06. The van der Waals surface area contributed by atoms with Gasteiger partial charge in [-0.1, -0.05) is 55.4 Å². The molecule has 0 N–H and O–H groups in total. The van der Waals surface area contributed by atoms with E-state index in [9.17, 15) is 8.78 Å². The van der Waals surface area contributed by atoms with Gasteiger partial charge in [-0.15, -0.1) is 0 Å². The quantitative estimate of drug-likeness (QED) is 0.369. The minimum absolute atomic E-state index is 0.0701. The average molecular weight is 386 g/mol. The van der Waals surface area contributed by atoms with Crippen molar-refractivity contribution in [2.75, 3.05) is 0 Å². The summed E-state index contributed by atoms with van der Waals surface area (Å²) in [4.78, 5) is 8.94. The lowest BCUT2D eigenvalue weighted by Crippen LogP contribution is -2.00. The number of hydrogen-bond acceptors (Lipinski definition) is 4. The third-order valence-electron chi connectivity index (χ3n) is 3.89. The highest BCUT2D eigenvalue weighted by Crippen LogP contribution is 2.29. The summed E-state index contributed by atoms with van der Waals surface area (Å²) in [7, 11) is 0. The molecule has 27 heavy (non-hydrogen) atoms. The molecular formula is C21H20F2N2OS. The maximum Gasteiger partial charge on any atom is 0.223 e. The van der Waals surface area contributed by atoms with Crippen molar-refractivity contribution < 1.29 is 13.5 Å². The first kappa shape index (κ1) is 19.3. The van der Waals surface area contributed by atoms with Crippen molar-refractivity contribution in [3.05, 3.63) is 77.0 Å². The Balaban J connectivity index is 1.82. The molecule has 3 rings (SSSR count). The highest BCUT2D eigenvalue weighted by Gasteiger charge is 2.13. The van der Waals surface area contributed by atoms with E-state index in [0.717, 1.165) is 23.4 Å². The molecule has 0 spiro atoms. The van der Waals surface area contributed by atoms with Crippen molar-refractivity contribution in [3.8, 4) is 11.6 Å². The summed E-state index contributed by atoms with van der Waals surface area (Å²) in [6, 6.07) is 13.1. The van der Waals surface area contributed by atoms with Crippen molar-refractivity contribution in [3.63, 3.8) is 0 Å². The maximum absolute atomic E-state index is 13.9. The predicted octanol–water partition coefficient (Wildman–Crippen LogP) is 6.27. The van der Waals surface area contributed by atoms with Gasteiger partial charge < -0.3 is 4.74 Å². The van der Waals surface area contributed by atoms with Gasteiger partial charge in [0.25, 0.3) is 0 Å². The fourth-order valence-corrected chi connectivity index (χ4v) is 3.15. The van der Waals surface area contributed by atoms with Crippen LogP contribution < -0.4 is 4.74 Å². The van der Waals surface area contributed by atoms with Crippen LogP contribution in [0.5, 0.6) is 11.6 Å². The van der Waals surface area contributed by atoms with E-state index >= 15 is 0 Å². The number of thioether (sulfide) groups is 1. The summed E-state index contributed by atoms with van der Waals surface area (Å²) in [5, 5.41) is 0.555. The Bertz CT molecular complexity index is 930. The number of nitrogens with zero attached hydrogens (tertiary/aromatic N) is 2. The second-order valence-corrected chi connectivity index (χ2v) is 7.46. The first-order valence-electron chi connectivity index (χ1n) is 8.61. The van der Waals surface area contributed by atoms with Crippen molar-refractivity contribution >= 4 is 11.8 Å². The SMILES string of the molecule is Cc1ccc(CSc2nc(Oc3ccc(F)cc3F)cc(C(C)C)n2)cc1. The number of aryl methyl sites for hydroxylation is 1. The van der Waals surface area contributed by atoms with E-state index in [1.165, 1.54) is 23.4 Å². The molecule has 0 bridgehead atoms. The van der Waals surface area contributed by atoms with Gasteiger partial charge in [0, 0.05) is 17.9 Å². The molecule has 0 aliphatic rings. The summed E-state index contributed by atoms with van der Waals surface area (Å²) in [5.74, 6) is -0.378. The van der Waals surface area contributed by atoms with Gasteiger partial charge in [0.1, 0.15) is 5.82 Å². The number of ether oxygens (including phenoxy) is 1. The van der Waals surface area contributed by atoms with Crippen LogP contribution in [0.2, 0.25) is 0 Å². The summed E-state index contributed by atoms with van der Waals surface area (Å²) in [6.45, 7) is 6.07. The lowest BCUT2D eigenvalue weighted by molar-refractivity contribution is 0.417. The molecule has 0 amide bonds. The monoisotopic (exact) mass is 386 g/mol. The second-order valence-electron chi connectivity index (χ2n) is 6.52. The summed E-state index contributed by atoms with van der Waals surface area (Å²) >= 11 is 1.49. The summed E-state index contributed by atoms with van der Waals surface area (Å²) in [6.07, 6.45) is 0. The normalized spacial score (nSPS) is 11.0. The number of rotatable bonds is 6. The van der Waals surface area contributed by atoms with Gasteiger partial charge >= 0.3 is 0 Å². The average Bonchev–Trinajstić information content (AvgIpc) is 2.63. The topological polar surface area (TPSA) is 35.0 Å². The Labute approximate surface area is 161 Å². The van der Waals surface area contributed by atoms with Crippen LogP contribution in [0.4, 0.5) is 8.78 Å². The third-order valence-corrected chi connectivity index (χ3v) is 4.81. The Morgan fingerprint density at radius 2 is 1.74 bits per heavy atom. The molecule has 3 aromatic rings. The van der Waals surface area contributed by atoms with Crippen LogP contribution in [0.15, 0.2) is 53.7 Å². The van der Waals surface area contributed by atoms with Crippen LogP contribution in [-0.4, -0.2) is 9.97 Å². The van der Waals surface area contributed by atoms with Crippen LogP contribution in [0.25, 0.3) is 0 Å².